The molecule has 0 saturated carbocycles. The average molecular weight is 300 g/mol. The quantitative estimate of drug-likeness (QED) is 0.945. The molecular weight excluding hydrogens is 279 g/mol. The van der Waals surface area contributed by atoms with Gasteiger partial charge in [0.2, 0.25) is 0 Å². The minimum Gasteiger partial charge on any atom is -0.365 e. The Morgan fingerprint density at radius 1 is 1.27 bits per heavy atom. The van der Waals surface area contributed by atoms with Crippen molar-refractivity contribution >= 4 is 5.82 Å². The Morgan fingerprint density at radius 3 is 2.82 bits per heavy atom. The van der Waals surface area contributed by atoms with E-state index in [0.29, 0.717) is 17.3 Å². The first-order valence-corrected chi connectivity index (χ1v) is 7.68. The van der Waals surface area contributed by atoms with Crippen molar-refractivity contribution in [3.05, 3.63) is 41.7 Å². The number of likely N-dealkylation sites (N-methyl/N-ethyl adjacent to an activating group) is 1. The van der Waals surface area contributed by atoms with Crippen LogP contribution in [0.1, 0.15) is 18.4 Å². The Kier molecular flexibility index (Phi) is 4.34. The molecule has 0 spiro atoms. The van der Waals surface area contributed by atoms with E-state index in [1.807, 2.05) is 19.1 Å². The van der Waals surface area contributed by atoms with Gasteiger partial charge >= 0.3 is 0 Å². The molecule has 0 amide bonds. The summed E-state index contributed by atoms with van der Waals surface area (Å²) >= 11 is 0. The minimum atomic E-state index is -0.269. The molecule has 0 bridgehead atoms. The minimum absolute atomic E-state index is 0.269. The molecule has 1 aliphatic rings. The van der Waals surface area contributed by atoms with Crippen LogP contribution < -0.4 is 5.32 Å². The number of aromatic nitrogens is 2. The number of nitrogens with one attached hydrogen (secondary N) is 1. The SMILES string of the molecule is Cc1cc(N[C@@H]2CCCN(C)C2)nnc1-c1ccccc1F. The van der Waals surface area contributed by atoms with E-state index in [0.717, 1.165) is 30.9 Å². The van der Waals surface area contributed by atoms with Crippen molar-refractivity contribution in [1.29, 1.82) is 0 Å². The molecule has 22 heavy (non-hydrogen) atoms. The van der Waals surface area contributed by atoms with Crippen LogP contribution >= 0.6 is 0 Å². The van der Waals surface area contributed by atoms with E-state index in [2.05, 4.69) is 27.5 Å². The highest BCUT2D eigenvalue weighted by Gasteiger charge is 2.18. The number of aryl methyl sites for hydroxylation is 1. The lowest BCUT2D eigenvalue weighted by atomic mass is 10.1. The van der Waals surface area contributed by atoms with Crippen LogP contribution in [-0.4, -0.2) is 41.3 Å². The molecule has 4 nitrogen and oxygen atoms in total. The van der Waals surface area contributed by atoms with Gasteiger partial charge in [-0.25, -0.2) is 4.39 Å². The third-order valence-corrected chi connectivity index (χ3v) is 4.09. The lowest BCUT2D eigenvalue weighted by Gasteiger charge is -2.30. The zero-order valence-electron chi connectivity index (χ0n) is 13.0. The molecule has 0 radical (unpaired) electrons. The summed E-state index contributed by atoms with van der Waals surface area (Å²) in [6.45, 7) is 4.10. The number of halogens is 1. The summed E-state index contributed by atoms with van der Waals surface area (Å²) in [5.41, 5.74) is 2.02. The molecule has 2 heterocycles. The molecule has 1 fully saturated rings. The summed E-state index contributed by atoms with van der Waals surface area (Å²) in [6, 6.07) is 9.01. The Labute approximate surface area is 130 Å². The van der Waals surface area contributed by atoms with Gasteiger partial charge in [-0.1, -0.05) is 12.1 Å². The highest BCUT2D eigenvalue weighted by atomic mass is 19.1. The smallest absolute Gasteiger partial charge is 0.149 e. The third kappa shape index (κ3) is 3.25. The van der Waals surface area contributed by atoms with Gasteiger partial charge in [-0.2, -0.15) is 0 Å². The van der Waals surface area contributed by atoms with E-state index in [-0.39, 0.29) is 5.82 Å². The predicted molar refractivity (Wildman–Crippen MR) is 86.3 cm³/mol. The molecule has 1 aromatic heterocycles. The van der Waals surface area contributed by atoms with Crippen molar-refractivity contribution in [1.82, 2.24) is 15.1 Å². The first kappa shape index (κ1) is 14.9. The maximum Gasteiger partial charge on any atom is 0.149 e. The fraction of sp³-hybridized carbons (Fsp3) is 0.412. The molecule has 1 aliphatic heterocycles. The molecule has 116 valence electrons. The van der Waals surface area contributed by atoms with Crippen molar-refractivity contribution in [2.24, 2.45) is 0 Å². The second-order valence-electron chi connectivity index (χ2n) is 5.99. The molecule has 1 N–H and O–H groups in total. The van der Waals surface area contributed by atoms with E-state index in [1.54, 1.807) is 12.1 Å². The normalized spacial score (nSPS) is 19.1. The summed E-state index contributed by atoms with van der Waals surface area (Å²) < 4.78 is 13.9. The number of nitrogens with zero attached hydrogens (tertiary/aromatic N) is 3. The number of piperidine rings is 1. The lowest BCUT2D eigenvalue weighted by molar-refractivity contribution is 0.260. The summed E-state index contributed by atoms with van der Waals surface area (Å²) in [5, 5.41) is 11.9. The maximum atomic E-state index is 13.9. The van der Waals surface area contributed by atoms with Crippen molar-refractivity contribution < 1.29 is 4.39 Å². The van der Waals surface area contributed by atoms with E-state index in [4.69, 9.17) is 0 Å². The summed E-state index contributed by atoms with van der Waals surface area (Å²) in [7, 11) is 2.13. The molecule has 2 aromatic rings. The molecule has 1 saturated heterocycles. The van der Waals surface area contributed by atoms with Gasteiger partial charge in [0, 0.05) is 18.2 Å². The van der Waals surface area contributed by atoms with Crippen molar-refractivity contribution in [2.45, 2.75) is 25.8 Å². The largest absolute Gasteiger partial charge is 0.365 e. The Hall–Kier alpha value is -2.01. The highest BCUT2D eigenvalue weighted by molar-refractivity contribution is 5.64. The second kappa shape index (κ2) is 6.40. The van der Waals surface area contributed by atoms with Crippen molar-refractivity contribution in [2.75, 3.05) is 25.5 Å². The Morgan fingerprint density at radius 2 is 2.09 bits per heavy atom. The van der Waals surface area contributed by atoms with Crippen LogP contribution in [0.15, 0.2) is 30.3 Å². The average Bonchev–Trinajstić information content (AvgIpc) is 2.49. The maximum absolute atomic E-state index is 13.9. The zero-order valence-corrected chi connectivity index (χ0v) is 13.0. The standard InChI is InChI=1S/C17H21FN4/c1-12-10-16(19-13-6-5-9-22(2)11-13)20-21-17(12)14-7-3-4-8-15(14)18/h3-4,7-8,10,13H,5-6,9,11H2,1-2H3,(H,19,20)/t13-/m1/s1. The first-order chi connectivity index (χ1) is 10.6. The van der Waals surface area contributed by atoms with Gasteiger partial charge in [-0.3, -0.25) is 0 Å². The van der Waals surface area contributed by atoms with Gasteiger partial charge in [0.05, 0.1) is 5.69 Å². The topological polar surface area (TPSA) is 41.0 Å². The van der Waals surface area contributed by atoms with Gasteiger partial charge < -0.3 is 10.2 Å². The van der Waals surface area contributed by atoms with Gasteiger partial charge in [0.25, 0.3) is 0 Å². The molecule has 1 aromatic carbocycles. The van der Waals surface area contributed by atoms with Gasteiger partial charge in [0.1, 0.15) is 11.6 Å². The van der Waals surface area contributed by atoms with Crippen LogP contribution in [0.2, 0.25) is 0 Å². The number of hydrogen-bond acceptors (Lipinski definition) is 4. The van der Waals surface area contributed by atoms with Gasteiger partial charge in [-0.05, 0) is 57.1 Å². The molecule has 1 atom stereocenters. The second-order valence-corrected chi connectivity index (χ2v) is 5.99. The molecule has 3 rings (SSSR count). The molecular formula is C17H21FN4. The summed E-state index contributed by atoms with van der Waals surface area (Å²) in [4.78, 5) is 2.31. The number of likely N-dealkylation sites (tertiary alicyclic amines) is 1. The predicted octanol–water partition coefficient (Wildman–Crippen LogP) is 3.10. The van der Waals surface area contributed by atoms with Gasteiger partial charge in [0.15, 0.2) is 0 Å². The Bertz CT molecular complexity index is 659. The third-order valence-electron chi connectivity index (χ3n) is 4.09. The zero-order chi connectivity index (χ0) is 15.5. The summed E-state index contributed by atoms with van der Waals surface area (Å²) in [6.07, 6.45) is 2.33. The molecule has 0 unspecified atom stereocenters. The van der Waals surface area contributed by atoms with E-state index >= 15 is 0 Å². The lowest BCUT2D eigenvalue weighted by Crippen LogP contribution is -2.39. The molecule has 5 heteroatoms. The van der Waals surface area contributed by atoms with Crippen LogP contribution in [-0.2, 0) is 0 Å². The summed E-state index contributed by atoms with van der Waals surface area (Å²) in [5.74, 6) is 0.493. The van der Waals surface area contributed by atoms with Crippen LogP contribution in [0.5, 0.6) is 0 Å². The van der Waals surface area contributed by atoms with E-state index in [9.17, 15) is 4.39 Å². The molecule has 0 aliphatic carbocycles. The fourth-order valence-electron chi connectivity index (χ4n) is 2.97. The van der Waals surface area contributed by atoms with Crippen molar-refractivity contribution in [3.8, 4) is 11.3 Å². The first-order valence-electron chi connectivity index (χ1n) is 7.68. The van der Waals surface area contributed by atoms with Crippen LogP contribution in [0.3, 0.4) is 0 Å². The van der Waals surface area contributed by atoms with E-state index < -0.39 is 0 Å². The monoisotopic (exact) mass is 300 g/mol. The number of benzene rings is 1. The Balaban J connectivity index is 1.79. The van der Waals surface area contributed by atoms with Crippen molar-refractivity contribution in [3.63, 3.8) is 0 Å². The van der Waals surface area contributed by atoms with E-state index in [1.165, 1.54) is 12.5 Å². The van der Waals surface area contributed by atoms with Crippen LogP contribution in [0.25, 0.3) is 11.3 Å². The van der Waals surface area contributed by atoms with Crippen LogP contribution in [0.4, 0.5) is 10.2 Å². The number of anilines is 1. The van der Waals surface area contributed by atoms with Crippen LogP contribution in [0, 0.1) is 12.7 Å². The van der Waals surface area contributed by atoms with Gasteiger partial charge in [-0.15, -0.1) is 10.2 Å². The number of hydrogen-bond donors (Lipinski definition) is 1. The highest BCUT2D eigenvalue weighted by Crippen LogP contribution is 2.25. The number of rotatable bonds is 3. The fourth-order valence-corrected chi connectivity index (χ4v) is 2.97.